The van der Waals surface area contributed by atoms with Gasteiger partial charge in [-0.05, 0) is 19.3 Å². The van der Waals surface area contributed by atoms with Crippen molar-refractivity contribution in [1.82, 2.24) is 5.32 Å². The van der Waals surface area contributed by atoms with Crippen molar-refractivity contribution in [2.24, 2.45) is 11.7 Å². The first-order valence-corrected chi connectivity index (χ1v) is 5.36. The van der Waals surface area contributed by atoms with Crippen LogP contribution in [0.25, 0.3) is 0 Å². The van der Waals surface area contributed by atoms with E-state index in [4.69, 9.17) is 10.5 Å². The molecular formula is C10H20N2O2. The minimum atomic E-state index is -0.0298. The Morgan fingerprint density at radius 1 is 1.57 bits per heavy atom. The maximum atomic E-state index is 11.6. The highest BCUT2D eigenvalue weighted by Crippen LogP contribution is 2.08. The van der Waals surface area contributed by atoms with Gasteiger partial charge >= 0.3 is 0 Å². The van der Waals surface area contributed by atoms with Crippen LogP contribution >= 0.6 is 0 Å². The van der Waals surface area contributed by atoms with Crippen molar-refractivity contribution in [1.29, 1.82) is 0 Å². The predicted molar refractivity (Wildman–Crippen MR) is 54.8 cm³/mol. The lowest BCUT2D eigenvalue weighted by molar-refractivity contribution is -0.126. The maximum Gasteiger partial charge on any atom is 0.224 e. The van der Waals surface area contributed by atoms with E-state index in [2.05, 4.69) is 5.32 Å². The number of hydrogen-bond donors (Lipinski definition) is 2. The molecule has 0 aromatic heterocycles. The lowest BCUT2D eigenvalue weighted by atomic mass is 10.0. The largest absolute Gasteiger partial charge is 0.381 e. The summed E-state index contributed by atoms with van der Waals surface area (Å²) in [6.45, 7) is 3.93. The number of amides is 1. The summed E-state index contributed by atoms with van der Waals surface area (Å²) in [6.07, 6.45) is 2.66. The first-order chi connectivity index (χ1) is 6.77. The molecule has 1 atom stereocenters. The van der Waals surface area contributed by atoms with E-state index >= 15 is 0 Å². The molecule has 0 aliphatic carbocycles. The topological polar surface area (TPSA) is 64.4 Å². The van der Waals surface area contributed by atoms with E-state index in [1.807, 2.05) is 6.92 Å². The van der Waals surface area contributed by atoms with Crippen LogP contribution in [0, 0.1) is 5.92 Å². The monoisotopic (exact) mass is 200 g/mol. The van der Waals surface area contributed by atoms with E-state index in [9.17, 15) is 4.79 Å². The summed E-state index contributed by atoms with van der Waals surface area (Å²) in [4.78, 5) is 11.6. The van der Waals surface area contributed by atoms with E-state index in [0.717, 1.165) is 32.5 Å². The quantitative estimate of drug-likeness (QED) is 0.684. The molecule has 1 rings (SSSR count). The number of ether oxygens (including phenoxy) is 1. The molecule has 14 heavy (non-hydrogen) atoms. The van der Waals surface area contributed by atoms with Gasteiger partial charge in [0.25, 0.3) is 0 Å². The summed E-state index contributed by atoms with van der Waals surface area (Å²) in [6, 6.07) is 0.289. The zero-order valence-electron chi connectivity index (χ0n) is 8.79. The summed E-state index contributed by atoms with van der Waals surface area (Å²) in [5, 5.41) is 3.02. The average molecular weight is 200 g/mol. The van der Waals surface area contributed by atoms with Crippen LogP contribution in [0.4, 0.5) is 0 Å². The Balaban J connectivity index is 2.30. The zero-order chi connectivity index (χ0) is 10.4. The number of nitrogens with one attached hydrogen (secondary N) is 1. The maximum absolute atomic E-state index is 11.6. The Morgan fingerprint density at radius 3 is 2.71 bits per heavy atom. The minimum absolute atomic E-state index is 0.0298. The third kappa shape index (κ3) is 3.27. The van der Waals surface area contributed by atoms with E-state index in [0.29, 0.717) is 6.54 Å². The summed E-state index contributed by atoms with van der Waals surface area (Å²) in [5.41, 5.74) is 5.50. The van der Waals surface area contributed by atoms with E-state index in [1.54, 1.807) is 0 Å². The van der Waals surface area contributed by atoms with Gasteiger partial charge in [-0.25, -0.2) is 0 Å². The summed E-state index contributed by atoms with van der Waals surface area (Å²) in [7, 11) is 0. The van der Waals surface area contributed by atoms with Gasteiger partial charge in [-0.3, -0.25) is 4.79 Å². The molecule has 1 unspecified atom stereocenters. The molecule has 3 N–H and O–H groups in total. The van der Waals surface area contributed by atoms with Crippen LogP contribution < -0.4 is 11.1 Å². The van der Waals surface area contributed by atoms with E-state index < -0.39 is 0 Å². The van der Waals surface area contributed by atoms with Crippen molar-refractivity contribution in [3.63, 3.8) is 0 Å². The van der Waals surface area contributed by atoms with Gasteiger partial charge in [0.1, 0.15) is 0 Å². The molecular weight excluding hydrogens is 180 g/mol. The van der Waals surface area contributed by atoms with Gasteiger partial charge in [-0.15, -0.1) is 0 Å². The van der Waals surface area contributed by atoms with Crippen molar-refractivity contribution in [2.75, 3.05) is 19.8 Å². The summed E-state index contributed by atoms with van der Waals surface area (Å²) >= 11 is 0. The number of carbonyl (C=O) groups is 1. The molecule has 82 valence electrons. The average Bonchev–Trinajstić information content (AvgIpc) is 2.21. The fourth-order valence-corrected chi connectivity index (χ4v) is 1.62. The molecule has 1 aliphatic rings. The van der Waals surface area contributed by atoms with Crippen LogP contribution in [-0.4, -0.2) is 31.7 Å². The molecule has 0 spiro atoms. The van der Waals surface area contributed by atoms with Gasteiger partial charge in [-0.1, -0.05) is 6.92 Å². The van der Waals surface area contributed by atoms with Crippen molar-refractivity contribution < 1.29 is 9.53 Å². The standard InChI is InChI=1S/C10H20N2O2/c1-2-8(7-11)10(13)12-9-3-5-14-6-4-9/h8-9H,2-7,11H2,1H3,(H,12,13). The number of nitrogens with two attached hydrogens (primary N) is 1. The minimum Gasteiger partial charge on any atom is -0.381 e. The lowest BCUT2D eigenvalue weighted by Gasteiger charge is -2.25. The molecule has 0 aromatic carbocycles. The fourth-order valence-electron chi connectivity index (χ4n) is 1.62. The molecule has 0 saturated carbocycles. The van der Waals surface area contributed by atoms with Crippen molar-refractivity contribution >= 4 is 5.91 Å². The molecule has 0 radical (unpaired) electrons. The highest BCUT2D eigenvalue weighted by molar-refractivity contribution is 5.79. The Labute approximate surface area is 85.2 Å². The van der Waals surface area contributed by atoms with Gasteiger partial charge < -0.3 is 15.8 Å². The highest BCUT2D eigenvalue weighted by atomic mass is 16.5. The molecule has 0 bridgehead atoms. The van der Waals surface area contributed by atoms with Gasteiger partial charge in [0, 0.05) is 31.7 Å². The number of rotatable bonds is 4. The van der Waals surface area contributed by atoms with Crippen LogP contribution in [-0.2, 0) is 9.53 Å². The van der Waals surface area contributed by atoms with Crippen LogP contribution in [0.1, 0.15) is 26.2 Å². The molecule has 1 amide bonds. The fraction of sp³-hybridized carbons (Fsp3) is 0.900. The Hall–Kier alpha value is -0.610. The van der Waals surface area contributed by atoms with Crippen molar-refractivity contribution in [2.45, 2.75) is 32.2 Å². The van der Waals surface area contributed by atoms with Crippen LogP contribution in [0.5, 0.6) is 0 Å². The van der Waals surface area contributed by atoms with Crippen molar-refractivity contribution in [3.8, 4) is 0 Å². The SMILES string of the molecule is CCC(CN)C(=O)NC1CCOCC1. The molecule has 1 aliphatic heterocycles. The van der Waals surface area contributed by atoms with Crippen molar-refractivity contribution in [3.05, 3.63) is 0 Å². The second-order valence-electron chi connectivity index (χ2n) is 3.74. The van der Waals surface area contributed by atoms with Gasteiger partial charge in [0.2, 0.25) is 5.91 Å². The molecule has 0 aromatic rings. The Bertz CT molecular complexity index is 175. The smallest absolute Gasteiger partial charge is 0.224 e. The predicted octanol–water partition coefficient (Wildman–Crippen LogP) is 0.267. The van der Waals surface area contributed by atoms with Crippen LogP contribution in [0.15, 0.2) is 0 Å². The first-order valence-electron chi connectivity index (χ1n) is 5.36. The molecule has 4 nitrogen and oxygen atoms in total. The Morgan fingerprint density at radius 2 is 2.21 bits per heavy atom. The van der Waals surface area contributed by atoms with Crippen LogP contribution in [0.3, 0.4) is 0 Å². The van der Waals surface area contributed by atoms with Gasteiger partial charge in [0.05, 0.1) is 0 Å². The number of carbonyl (C=O) groups excluding carboxylic acids is 1. The van der Waals surface area contributed by atoms with E-state index in [-0.39, 0.29) is 17.9 Å². The third-order valence-corrected chi connectivity index (χ3v) is 2.72. The third-order valence-electron chi connectivity index (χ3n) is 2.72. The summed E-state index contributed by atoms with van der Waals surface area (Å²) < 4.78 is 5.22. The highest BCUT2D eigenvalue weighted by Gasteiger charge is 2.20. The van der Waals surface area contributed by atoms with Gasteiger partial charge in [-0.2, -0.15) is 0 Å². The first kappa shape index (κ1) is 11.5. The lowest BCUT2D eigenvalue weighted by Crippen LogP contribution is -2.43. The zero-order valence-corrected chi connectivity index (χ0v) is 8.79. The van der Waals surface area contributed by atoms with Crippen LogP contribution in [0.2, 0.25) is 0 Å². The Kier molecular flexibility index (Phi) is 4.90. The summed E-state index contributed by atoms with van der Waals surface area (Å²) in [5.74, 6) is 0.0692. The molecule has 1 heterocycles. The second-order valence-corrected chi connectivity index (χ2v) is 3.74. The number of hydrogen-bond acceptors (Lipinski definition) is 3. The molecule has 1 fully saturated rings. The van der Waals surface area contributed by atoms with E-state index in [1.165, 1.54) is 0 Å². The van der Waals surface area contributed by atoms with Gasteiger partial charge in [0.15, 0.2) is 0 Å². The second kappa shape index (κ2) is 5.98. The normalized spacial score (nSPS) is 20.4. The molecule has 1 saturated heterocycles. The molecule has 4 heteroatoms.